The first-order valence-corrected chi connectivity index (χ1v) is 14.3. The molecule has 0 atom stereocenters. The molecule has 2 aromatic carbocycles. The van der Waals surface area contributed by atoms with Crippen molar-refractivity contribution in [3.8, 4) is 16.9 Å². The Kier molecular flexibility index (Phi) is 7.86. The Bertz CT molecular complexity index is 1400. The van der Waals surface area contributed by atoms with Crippen molar-refractivity contribution in [2.45, 2.75) is 52.2 Å². The molecular weight excluding hydrogens is 557 g/mol. The minimum atomic E-state index is -0.530. The van der Waals surface area contributed by atoms with Gasteiger partial charge in [-0.1, -0.05) is 46.9 Å². The van der Waals surface area contributed by atoms with Crippen molar-refractivity contribution < 1.29 is 9.53 Å². The molecule has 0 spiro atoms. The second kappa shape index (κ2) is 11.0. The van der Waals surface area contributed by atoms with Crippen LogP contribution in [0.3, 0.4) is 0 Å². The Morgan fingerprint density at radius 3 is 2.15 bits per heavy atom. The first-order chi connectivity index (χ1) is 18.5. The maximum absolute atomic E-state index is 12.7. The summed E-state index contributed by atoms with van der Waals surface area (Å²) >= 11 is 19.1. The molecule has 1 aliphatic heterocycles. The van der Waals surface area contributed by atoms with Crippen LogP contribution in [0.1, 0.15) is 44.9 Å². The highest BCUT2D eigenvalue weighted by molar-refractivity contribution is 6.35. The number of piperazine rings is 1. The van der Waals surface area contributed by atoms with Gasteiger partial charge in [0, 0.05) is 47.4 Å². The number of hydrogen-bond donors (Lipinski definition) is 0. The smallest absolute Gasteiger partial charge is 0.410 e. The van der Waals surface area contributed by atoms with E-state index in [-0.39, 0.29) is 12.1 Å². The van der Waals surface area contributed by atoms with Gasteiger partial charge in [-0.2, -0.15) is 5.10 Å². The lowest BCUT2D eigenvalue weighted by molar-refractivity contribution is 0.0187. The van der Waals surface area contributed by atoms with Gasteiger partial charge in [-0.3, -0.25) is 4.99 Å². The fourth-order valence-corrected chi connectivity index (χ4v) is 5.19. The third-order valence-corrected chi connectivity index (χ3v) is 7.46. The van der Waals surface area contributed by atoms with Crippen LogP contribution in [0.5, 0.6) is 0 Å². The van der Waals surface area contributed by atoms with Gasteiger partial charge in [0.25, 0.3) is 0 Å². The molecule has 39 heavy (non-hydrogen) atoms. The SMILES string of the molecule is Cc1c(C(=NC2CC2)N2CCN(C(=O)OC(C)(C)C)CC2)nn(-c2ccc(Cl)cc2Cl)c1-c1ccc(Cl)cc1. The Morgan fingerprint density at radius 1 is 0.949 bits per heavy atom. The van der Waals surface area contributed by atoms with Crippen LogP contribution in [0.25, 0.3) is 16.9 Å². The van der Waals surface area contributed by atoms with E-state index >= 15 is 0 Å². The monoisotopic (exact) mass is 587 g/mol. The lowest BCUT2D eigenvalue weighted by Crippen LogP contribution is -2.52. The molecule has 1 aromatic heterocycles. The van der Waals surface area contributed by atoms with Gasteiger partial charge in [-0.25, -0.2) is 9.48 Å². The summed E-state index contributed by atoms with van der Waals surface area (Å²) in [6, 6.07) is 13.4. The lowest BCUT2D eigenvalue weighted by atomic mass is 10.1. The number of carbonyl (C=O) groups excluding carboxylic acids is 1. The van der Waals surface area contributed by atoms with E-state index in [0.717, 1.165) is 46.9 Å². The predicted molar refractivity (Wildman–Crippen MR) is 158 cm³/mol. The molecule has 1 amide bonds. The lowest BCUT2D eigenvalue weighted by Gasteiger charge is -2.37. The number of amidine groups is 1. The Balaban J connectivity index is 1.53. The highest BCUT2D eigenvalue weighted by atomic mass is 35.5. The maximum atomic E-state index is 12.7. The molecule has 1 saturated heterocycles. The first kappa shape index (κ1) is 27.8. The van der Waals surface area contributed by atoms with E-state index in [9.17, 15) is 4.79 Å². The molecule has 0 N–H and O–H groups in total. The summed E-state index contributed by atoms with van der Waals surface area (Å²) in [5, 5.41) is 6.82. The minimum absolute atomic E-state index is 0.284. The zero-order valence-corrected chi connectivity index (χ0v) is 24.8. The van der Waals surface area contributed by atoms with E-state index in [4.69, 9.17) is 49.6 Å². The van der Waals surface area contributed by atoms with E-state index in [1.54, 1.807) is 17.0 Å². The van der Waals surface area contributed by atoms with Crippen molar-refractivity contribution in [2.24, 2.45) is 4.99 Å². The summed E-state index contributed by atoms with van der Waals surface area (Å²) in [6.45, 7) is 10.1. The second-order valence-corrected chi connectivity index (χ2v) is 12.3. The molecule has 2 fully saturated rings. The van der Waals surface area contributed by atoms with Crippen molar-refractivity contribution in [3.63, 3.8) is 0 Å². The maximum Gasteiger partial charge on any atom is 0.410 e. The average Bonchev–Trinajstić information content (AvgIpc) is 3.64. The molecule has 206 valence electrons. The van der Waals surface area contributed by atoms with Gasteiger partial charge in [0.1, 0.15) is 11.3 Å². The number of ether oxygens (including phenoxy) is 1. The van der Waals surface area contributed by atoms with E-state index in [0.29, 0.717) is 41.2 Å². The summed E-state index contributed by atoms with van der Waals surface area (Å²) in [7, 11) is 0. The Labute approximate surface area is 244 Å². The number of carbonyl (C=O) groups is 1. The molecule has 0 radical (unpaired) electrons. The standard InChI is InChI=1S/C29H32Cl3N5O2/c1-18-25(27(33-22-10-11-22)35-13-15-36(16-14-35)28(38)39-29(2,3)4)34-37(24-12-9-21(31)17-23(24)32)26(18)19-5-7-20(30)8-6-19/h5-9,12,17,22H,10-11,13-16H2,1-4H3. The van der Waals surface area contributed by atoms with Crippen molar-refractivity contribution in [1.29, 1.82) is 0 Å². The predicted octanol–water partition coefficient (Wildman–Crippen LogP) is 7.27. The van der Waals surface area contributed by atoms with E-state index in [2.05, 4.69) is 11.8 Å². The highest BCUT2D eigenvalue weighted by Crippen LogP contribution is 2.35. The normalized spacial score (nSPS) is 16.5. The van der Waals surface area contributed by atoms with E-state index < -0.39 is 5.60 Å². The number of aliphatic imine (C=N–C) groups is 1. The van der Waals surface area contributed by atoms with Gasteiger partial charge in [-0.05, 0) is 70.9 Å². The van der Waals surface area contributed by atoms with Crippen LogP contribution in [0.2, 0.25) is 15.1 Å². The van der Waals surface area contributed by atoms with Crippen molar-refractivity contribution >= 4 is 46.7 Å². The molecule has 2 aliphatic rings. The summed E-state index contributed by atoms with van der Waals surface area (Å²) < 4.78 is 7.45. The molecule has 10 heteroatoms. The summed E-state index contributed by atoms with van der Waals surface area (Å²) in [5.41, 5.74) is 3.84. The Hall–Kier alpha value is -2.74. The molecule has 0 bridgehead atoms. The third kappa shape index (κ3) is 6.37. The van der Waals surface area contributed by atoms with Gasteiger partial charge in [-0.15, -0.1) is 0 Å². The zero-order chi connectivity index (χ0) is 27.9. The van der Waals surface area contributed by atoms with Crippen LogP contribution in [-0.2, 0) is 4.74 Å². The van der Waals surface area contributed by atoms with Gasteiger partial charge in [0.2, 0.25) is 0 Å². The quantitative estimate of drug-likeness (QED) is 0.238. The van der Waals surface area contributed by atoms with Crippen molar-refractivity contribution in [3.05, 3.63) is 68.8 Å². The highest BCUT2D eigenvalue weighted by Gasteiger charge is 2.32. The van der Waals surface area contributed by atoms with Crippen molar-refractivity contribution in [2.75, 3.05) is 26.2 Å². The van der Waals surface area contributed by atoms with Crippen molar-refractivity contribution in [1.82, 2.24) is 19.6 Å². The summed E-state index contributed by atoms with van der Waals surface area (Å²) in [5.74, 6) is 0.845. The van der Waals surface area contributed by atoms with Crippen LogP contribution in [0, 0.1) is 6.92 Å². The number of benzene rings is 2. The average molecular weight is 589 g/mol. The number of nitrogens with zero attached hydrogens (tertiary/aromatic N) is 5. The van der Waals surface area contributed by atoms with Gasteiger partial charge in [0.15, 0.2) is 5.84 Å². The molecule has 7 nitrogen and oxygen atoms in total. The van der Waals surface area contributed by atoms with Gasteiger partial charge >= 0.3 is 6.09 Å². The molecule has 3 aromatic rings. The largest absolute Gasteiger partial charge is 0.444 e. The number of aromatic nitrogens is 2. The number of hydrogen-bond acceptors (Lipinski definition) is 4. The van der Waals surface area contributed by atoms with Gasteiger partial charge in [0.05, 0.1) is 22.4 Å². The minimum Gasteiger partial charge on any atom is -0.444 e. The number of halogens is 3. The molecule has 1 saturated carbocycles. The molecule has 0 unspecified atom stereocenters. The number of amides is 1. The van der Waals surface area contributed by atoms with Crippen LogP contribution in [-0.4, -0.2) is 69.3 Å². The topological polar surface area (TPSA) is 63.0 Å². The van der Waals surface area contributed by atoms with Crippen LogP contribution in [0.15, 0.2) is 47.5 Å². The first-order valence-electron chi connectivity index (χ1n) is 13.1. The van der Waals surface area contributed by atoms with E-state index in [1.807, 2.05) is 55.8 Å². The fraction of sp³-hybridized carbons (Fsp3) is 0.414. The third-order valence-electron chi connectivity index (χ3n) is 6.67. The van der Waals surface area contributed by atoms with Crippen LogP contribution in [0.4, 0.5) is 4.79 Å². The fourth-order valence-electron chi connectivity index (χ4n) is 4.58. The number of rotatable bonds is 4. The molecular formula is C29H32Cl3N5O2. The zero-order valence-electron chi connectivity index (χ0n) is 22.5. The van der Waals surface area contributed by atoms with Gasteiger partial charge < -0.3 is 14.5 Å². The molecule has 2 heterocycles. The van der Waals surface area contributed by atoms with E-state index in [1.165, 1.54) is 0 Å². The van der Waals surface area contributed by atoms with Crippen LogP contribution < -0.4 is 0 Å². The Morgan fingerprint density at radius 2 is 1.56 bits per heavy atom. The summed E-state index contributed by atoms with van der Waals surface area (Å²) in [6.07, 6.45) is 1.84. The summed E-state index contributed by atoms with van der Waals surface area (Å²) in [4.78, 5) is 21.8. The molecule has 1 aliphatic carbocycles. The van der Waals surface area contributed by atoms with Crippen LogP contribution >= 0.6 is 34.8 Å². The second-order valence-electron chi connectivity index (χ2n) is 11.0. The molecule has 5 rings (SSSR count).